The van der Waals surface area contributed by atoms with E-state index in [0.717, 1.165) is 16.7 Å². The van der Waals surface area contributed by atoms with Crippen molar-refractivity contribution in [2.45, 2.75) is 31.1 Å². The number of rotatable bonds is 8. The van der Waals surface area contributed by atoms with Crippen LogP contribution in [0.5, 0.6) is 0 Å². The molecular weight excluding hydrogens is 398 g/mol. The molecule has 30 heavy (non-hydrogen) atoms. The van der Waals surface area contributed by atoms with E-state index in [4.69, 9.17) is 0 Å². The lowest BCUT2D eigenvalue weighted by molar-refractivity contribution is 0.0698. The lowest BCUT2D eigenvalue weighted by Gasteiger charge is -2.04. The van der Waals surface area contributed by atoms with E-state index in [1.165, 1.54) is 0 Å². The molecule has 5 nitrogen and oxygen atoms in total. The SMILES string of the molecule is CC(C)c1ccc2c(/C=C\CCNS(=O)(=O)c3ccccc3)cc(C(=O)O)c-2cc1. The van der Waals surface area contributed by atoms with Crippen molar-refractivity contribution in [3.05, 3.63) is 83.4 Å². The molecule has 0 saturated carbocycles. The minimum absolute atomic E-state index is 0.232. The largest absolute Gasteiger partial charge is 0.478 e. The molecule has 0 spiro atoms. The van der Waals surface area contributed by atoms with Gasteiger partial charge in [-0.3, -0.25) is 0 Å². The quantitative estimate of drug-likeness (QED) is 0.500. The molecule has 2 N–H and O–H groups in total. The van der Waals surface area contributed by atoms with Crippen LogP contribution in [0.2, 0.25) is 0 Å². The average molecular weight is 424 g/mol. The Morgan fingerprint density at radius 3 is 2.33 bits per heavy atom. The highest BCUT2D eigenvalue weighted by atomic mass is 32.2. The van der Waals surface area contributed by atoms with Gasteiger partial charge in [-0.25, -0.2) is 17.9 Å². The summed E-state index contributed by atoms with van der Waals surface area (Å²) in [7, 11) is -3.53. The molecule has 0 fully saturated rings. The third-order valence-electron chi connectivity index (χ3n) is 4.93. The second-order valence-electron chi connectivity index (χ2n) is 7.37. The van der Waals surface area contributed by atoms with Crippen molar-refractivity contribution < 1.29 is 18.3 Å². The van der Waals surface area contributed by atoms with E-state index in [1.807, 2.05) is 36.4 Å². The van der Waals surface area contributed by atoms with Gasteiger partial charge in [0, 0.05) is 6.54 Å². The van der Waals surface area contributed by atoms with E-state index < -0.39 is 16.0 Å². The summed E-state index contributed by atoms with van der Waals surface area (Å²) in [6, 6.07) is 17.7. The topological polar surface area (TPSA) is 83.5 Å². The van der Waals surface area contributed by atoms with Gasteiger partial charge in [0.05, 0.1) is 10.5 Å². The molecule has 0 unspecified atom stereocenters. The zero-order chi connectivity index (χ0) is 21.7. The number of carboxylic acid groups (broad SMARTS) is 1. The molecule has 0 atom stereocenters. The van der Waals surface area contributed by atoms with E-state index in [9.17, 15) is 18.3 Å². The lowest BCUT2D eigenvalue weighted by atomic mass is 10.1. The summed E-state index contributed by atoms with van der Waals surface area (Å²) in [5, 5.41) is 9.56. The van der Waals surface area contributed by atoms with Gasteiger partial charge in [-0.15, -0.1) is 0 Å². The van der Waals surface area contributed by atoms with Crippen LogP contribution in [0.4, 0.5) is 0 Å². The first kappa shape index (κ1) is 21.7. The maximum absolute atomic E-state index is 12.2. The Bertz CT molecular complexity index is 1140. The fraction of sp³-hybridized carbons (Fsp3) is 0.208. The highest BCUT2D eigenvalue weighted by Crippen LogP contribution is 2.34. The molecule has 1 aromatic rings. The Labute approximate surface area is 177 Å². The third kappa shape index (κ3) is 4.96. The predicted octanol–water partition coefficient (Wildman–Crippen LogP) is 4.99. The molecule has 6 heteroatoms. The molecule has 0 heterocycles. The monoisotopic (exact) mass is 423 g/mol. The maximum Gasteiger partial charge on any atom is 0.336 e. The summed E-state index contributed by atoms with van der Waals surface area (Å²) >= 11 is 0. The number of carboxylic acids is 1. The van der Waals surface area contributed by atoms with E-state index in [0.29, 0.717) is 17.9 Å². The van der Waals surface area contributed by atoms with Crippen molar-refractivity contribution >= 4 is 22.1 Å². The molecule has 0 amide bonds. The first-order valence-corrected chi connectivity index (χ1v) is 11.3. The molecule has 2 aliphatic rings. The summed E-state index contributed by atoms with van der Waals surface area (Å²) in [5.41, 5.74) is 3.76. The second kappa shape index (κ2) is 9.24. The Morgan fingerprint density at radius 1 is 1.03 bits per heavy atom. The standard InChI is InChI=1S/C24H25NO4S/c1-17(2)18-11-13-21-19(16-23(24(26)27)22(21)14-12-18)8-6-7-15-25-30(28,29)20-9-4-3-5-10-20/h3-6,8-14,16-17,25H,7,15H2,1-2H3,(H,26,27)/b8-6-. The van der Waals surface area contributed by atoms with Crippen LogP contribution in [0.25, 0.3) is 17.2 Å². The minimum atomic E-state index is -3.53. The molecule has 2 aliphatic carbocycles. The van der Waals surface area contributed by atoms with Gasteiger partial charge in [-0.1, -0.05) is 68.5 Å². The Balaban J connectivity index is 1.75. The molecular formula is C24H25NO4S. The first-order chi connectivity index (χ1) is 14.3. The van der Waals surface area contributed by atoms with Gasteiger partial charge in [-0.05, 0) is 52.8 Å². The van der Waals surface area contributed by atoms with Gasteiger partial charge in [0.1, 0.15) is 0 Å². The van der Waals surface area contributed by atoms with Crippen LogP contribution in [0, 0.1) is 0 Å². The van der Waals surface area contributed by atoms with Crippen LogP contribution in [0.3, 0.4) is 0 Å². The Kier molecular flexibility index (Phi) is 6.70. The van der Waals surface area contributed by atoms with Crippen LogP contribution < -0.4 is 4.72 Å². The van der Waals surface area contributed by atoms with Crippen molar-refractivity contribution in [2.24, 2.45) is 0 Å². The average Bonchev–Trinajstić information content (AvgIpc) is 2.91. The first-order valence-electron chi connectivity index (χ1n) is 9.81. The fourth-order valence-corrected chi connectivity index (χ4v) is 4.33. The van der Waals surface area contributed by atoms with Gasteiger partial charge in [0.25, 0.3) is 0 Å². The van der Waals surface area contributed by atoms with Crippen molar-refractivity contribution in [1.82, 2.24) is 4.72 Å². The van der Waals surface area contributed by atoms with E-state index in [-0.39, 0.29) is 17.0 Å². The summed E-state index contributed by atoms with van der Waals surface area (Å²) < 4.78 is 27.1. The normalized spacial score (nSPS) is 12.1. The maximum atomic E-state index is 12.2. The van der Waals surface area contributed by atoms with Gasteiger partial charge in [0.15, 0.2) is 0 Å². The second-order valence-corrected chi connectivity index (χ2v) is 9.14. The molecule has 156 valence electrons. The van der Waals surface area contributed by atoms with Crippen LogP contribution in [-0.2, 0) is 10.0 Å². The highest BCUT2D eigenvalue weighted by molar-refractivity contribution is 7.89. The number of hydrogen-bond donors (Lipinski definition) is 2. The van der Waals surface area contributed by atoms with Crippen LogP contribution in [0.15, 0.2) is 71.6 Å². The third-order valence-corrected chi connectivity index (χ3v) is 6.40. The van der Waals surface area contributed by atoms with E-state index >= 15 is 0 Å². The number of aromatic carboxylic acids is 1. The van der Waals surface area contributed by atoms with Gasteiger partial charge < -0.3 is 5.11 Å². The number of fused-ring (bicyclic) bond motifs is 1. The highest BCUT2D eigenvalue weighted by Gasteiger charge is 2.18. The van der Waals surface area contributed by atoms with Crippen LogP contribution in [0.1, 0.15) is 47.7 Å². The number of hydrogen-bond acceptors (Lipinski definition) is 3. The molecule has 0 aromatic heterocycles. The molecule has 0 saturated heterocycles. The van der Waals surface area contributed by atoms with Crippen LogP contribution in [-0.4, -0.2) is 26.0 Å². The lowest BCUT2D eigenvalue weighted by Crippen LogP contribution is -2.24. The Hall–Kier alpha value is -2.96. The zero-order valence-electron chi connectivity index (χ0n) is 17.0. The molecule has 0 aliphatic heterocycles. The molecule has 0 bridgehead atoms. The molecule has 3 rings (SSSR count). The number of carbonyl (C=O) groups is 1. The predicted molar refractivity (Wildman–Crippen MR) is 119 cm³/mol. The summed E-state index contributed by atoms with van der Waals surface area (Å²) in [6.45, 7) is 4.44. The smallest absolute Gasteiger partial charge is 0.336 e. The van der Waals surface area contributed by atoms with Gasteiger partial charge in [-0.2, -0.15) is 0 Å². The number of benzene rings is 1. The fourth-order valence-electron chi connectivity index (χ4n) is 3.26. The van der Waals surface area contributed by atoms with Crippen LogP contribution >= 0.6 is 0 Å². The minimum Gasteiger partial charge on any atom is -0.478 e. The van der Waals surface area contributed by atoms with Crippen molar-refractivity contribution in [2.75, 3.05) is 6.54 Å². The van der Waals surface area contributed by atoms with Gasteiger partial charge in [0.2, 0.25) is 10.0 Å². The van der Waals surface area contributed by atoms with Gasteiger partial charge >= 0.3 is 5.97 Å². The summed E-state index contributed by atoms with van der Waals surface area (Å²) in [4.78, 5) is 11.9. The number of sulfonamides is 1. The Morgan fingerprint density at radius 2 is 1.70 bits per heavy atom. The summed E-state index contributed by atoms with van der Waals surface area (Å²) in [6.07, 6.45) is 4.18. The molecule has 0 radical (unpaired) electrons. The zero-order valence-corrected chi connectivity index (χ0v) is 17.8. The van der Waals surface area contributed by atoms with Crippen molar-refractivity contribution in [1.29, 1.82) is 0 Å². The van der Waals surface area contributed by atoms with E-state index in [2.05, 4.69) is 18.6 Å². The summed E-state index contributed by atoms with van der Waals surface area (Å²) in [5.74, 6) is -0.626. The van der Waals surface area contributed by atoms with E-state index in [1.54, 1.807) is 36.4 Å². The van der Waals surface area contributed by atoms with Crippen molar-refractivity contribution in [3.63, 3.8) is 0 Å². The van der Waals surface area contributed by atoms with Crippen molar-refractivity contribution in [3.8, 4) is 11.1 Å². The molecule has 1 aromatic carbocycles. The number of nitrogens with one attached hydrogen (secondary N) is 1.